The Morgan fingerprint density at radius 1 is 0.783 bits per heavy atom. The molecule has 0 aromatic heterocycles. The van der Waals surface area contributed by atoms with Crippen molar-refractivity contribution in [1.29, 1.82) is 0 Å². The van der Waals surface area contributed by atoms with Crippen molar-refractivity contribution in [1.82, 2.24) is 0 Å². The standard InChI is InChI=1S/C20H27N3/c1-17(2)16-21-18-8-10-20(11-9-18)23-14-12-22(13-15-23)19-6-4-3-5-7-19/h3-11,17,21H,12-16H2,1-2H3. The number of hydrogen-bond acceptors (Lipinski definition) is 3. The van der Waals surface area contributed by atoms with Crippen molar-refractivity contribution in [2.75, 3.05) is 47.8 Å². The first-order chi connectivity index (χ1) is 11.2. The zero-order valence-electron chi connectivity index (χ0n) is 14.2. The summed E-state index contributed by atoms with van der Waals surface area (Å²) < 4.78 is 0. The molecule has 0 aliphatic carbocycles. The summed E-state index contributed by atoms with van der Waals surface area (Å²) in [5.74, 6) is 0.667. The topological polar surface area (TPSA) is 18.5 Å². The van der Waals surface area contributed by atoms with Crippen LogP contribution in [0.15, 0.2) is 54.6 Å². The van der Waals surface area contributed by atoms with Crippen LogP contribution in [0.4, 0.5) is 17.1 Å². The molecule has 0 amide bonds. The second-order valence-electron chi connectivity index (χ2n) is 6.63. The molecule has 0 atom stereocenters. The van der Waals surface area contributed by atoms with E-state index < -0.39 is 0 Å². The van der Waals surface area contributed by atoms with E-state index >= 15 is 0 Å². The minimum Gasteiger partial charge on any atom is -0.385 e. The van der Waals surface area contributed by atoms with Crippen LogP contribution in [0, 0.1) is 5.92 Å². The highest BCUT2D eigenvalue weighted by molar-refractivity contribution is 5.56. The molecular weight excluding hydrogens is 282 g/mol. The van der Waals surface area contributed by atoms with Crippen LogP contribution in [-0.2, 0) is 0 Å². The molecule has 0 bridgehead atoms. The lowest BCUT2D eigenvalue weighted by Crippen LogP contribution is -2.46. The molecule has 1 heterocycles. The van der Waals surface area contributed by atoms with Crippen LogP contribution in [-0.4, -0.2) is 32.7 Å². The predicted octanol–water partition coefficient (Wildman–Crippen LogP) is 4.08. The Morgan fingerprint density at radius 2 is 1.30 bits per heavy atom. The molecule has 0 unspecified atom stereocenters. The lowest BCUT2D eigenvalue weighted by molar-refractivity contribution is 0.653. The molecule has 0 spiro atoms. The third-order valence-electron chi connectivity index (χ3n) is 4.35. The first-order valence-electron chi connectivity index (χ1n) is 8.61. The normalized spacial score (nSPS) is 15.1. The van der Waals surface area contributed by atoms with Crippen molar-refractivity contribution in [2.24, 2.45) is 5.92 Å². The summed E-state index contributed by atoms with van der Waals surface area (Å²) in [4.78, 5) is 4.95. The van der Waals surface area contributed by atoms with Gasteiger partial charge in [-0.1, -0.05) is 32.0 Å². The Hall–Kier alpha value is -2.16. The number of hydrogen-bond donors (Lipinski definition) is 1. The van der Waals surface area contributed by atoms with E-state index in [1.54, 1.807) is 0 Å². The van der Waals surface area contributed by atoms with Gasteiger partial charge < -0.3 is 15.1 Å². The Labute approximate surface area is 139 Å². The van der Waals surface area contributed by atoms with E-state index in [2.05, 4.69) is 83.6 Å². The van der Waals surface area contributed by atoms with Gasteiger partial charge in [0.2, 0.25) is 0 Å². The molecule has 1 aliphatic rings. The fourth-order valence-corrected chi connectivity index (χ4v) is 2.97. The van der Waals surface area contributed by atoms with Gasteiger partial charge in [0.05, 0.1) is 0 Å². The lowest BCUT2D eigenvalue weighted by Gasteiger charge is -2.37. The van der Waals surface area contributed by atoms with Gasteiger partial charge in [-0.25, -0.2) is 0 Å². The fourth-order valence-electron chi connectivity index (χ4n) is 2.97. The van der Waals surface area contributed by atoms with E-state index in [4.69, 9.17) is 0 Å². The molecule has 3 nitrogen and oxygen atoms in total. The molecule has 0 saturated carbocycles. The highest BCUT2D eigenvalue weighted by Crippen LogP contribution is 2.22. The molecule has 122 valence electrons. The minimum absolute atomic E-state index is 0.667. The number of nitrogens with zero attached hydrogens (tertiary/aromatic N) is 2. The first-order valence-corrected chi connectivity index (χ1v) is 8.61. The Bertz CT molecular complexity index is 584. The molecular formula is C20H27N3. The van der Waals surface area contributed by atoms with Crippen molar-refractivity contribution in [3.63, 3.8) is 0 Å². The van der Waals surface area contributed by atoms with Crippen LogP contribution in [0.1, 0.15) is 13.8 Å². The van der Waals surface area contributed by atoms with Gasteiger partial charge in [-0.05, 0) is 42.3 Å². The third-order valence-corrected chi connectivity index (χ3v) is 4.35. The molecule has 1 fully saturated rings. The van der Waals surface area contributed by atoms with Crippen LogP contribution < -0.4 is 15.1 Å². The Morgan fingerprint density at radius 3 is 1.83 bits per heavy atom. The number of para-hydroxylation sites is 1. The Balaban J connectivity index is 1.55. The lowest BCUT2D eigenvalue weighted by atomic mass is 10.2. The van der Waals surface area contributed by atoms with Crippen molar-refractivity contribution in [3.8, 4) is 0 Å². The third kappa shape index (κ3) is 4.19. The van der Waals surface area contributed by atoms with Crippen LogP contribution in [0.3, 0.4) is 0 Å². The maximum atomic E-state index is 3.48. The van der Waals surface area contributed by atoms with Gasteiger partial charge in [0.1, 0.15) is 0 Å². The molecule has 3 heteroatoms. The van der Waals surface area contributed by atoms with Gasteiger partial charge in [0.15, 0.2) is 0 Å². The highest BCUT2D eigenvalue weighted by atomic mass is 15.3. The summed E-state index contributed by atoms with van der Waals surface area (Å²) in [5.41, 5.74) is 3.87. The van der Waals surface area contributed by atoms with Crippen molar-refractivity contribution < 1.29 is 0 Å². The summed E-state index contributed by atoms with van der Waals surface area (Å²) in [5, 5.41) is 3.48. The van der Waals surface area contributed by atoms with E-state index in [0.29, 0.717) is 5.92 Å². The summed E-state index contributed by atoms with van der Waals surface area (Å²) in [6.07, 6.45) is 0. The van der Waals surface area contributed by atoms with Crippen molar-refractivity contribution >= 4 is 17.1 Å². The molecule has 1 saturated heterocycles. The summed E-state index contributed by atoms with van der Waals surface area (Å²) in [7, 11) is 0. The Kier molecular flexibility index (Phi) is 5.06. The average molecular weight is 309 g/mol. The predicted molar refractivity (Wildman–Crippen MR) is 101 cm³/mol. The monoisotopic (exact) mass is 309 g/mol. The van der Waals surface area contributed by atoms with Gasteiger partial charge in [-0.15, -0.1) is 0 Å². The van der Waals surface area contributed by atoms with Gasteiger partial charge in [0.25, 0.3) is 0 Å². The zero-order valence-corrected chi connectivity index (χ0v) is 14.2. The zero-order chi connectivity index (χ0) is 16.1. The van der Waals surface area contributed by atoms with Crippen molar-refractivity contribution in [3.05, 3.63) is 54.6 Å². The van der Waals surface area contributed by atoms with Gasteiger partial charge in [0, 0.05) is 49.8 Å². The molecule has 1 N–H and O–H groups in total. The van der Waals surface area contributed by atoms with E-state index in [1.807, 2.05) is 0 Å². The van der Waals surface area contributed by atoms with Crippen LogP contribution in [0.5, 0.6) is 0 Å². The number of benzene rings is 2. The van der Waals surface area contributed by atoms with Crippen LogP contribution >= 0.6 is 0 Å². The van der Waals surface area contributed by atoms with Gasteiger partial charge >= 0.3 is 0 Å². The minimum atomic E-state index is 0.667. The van der Waals surface area contributed by atoms with Crippen molar-refractivity contribution in [2.45, 2.75) is 13.8 Å². The van der Waals surface area contributed by atoms with Crippen LogP contribution in [0.25, 0.3) is 0 Å². The summed E-state index contributed by atoms with van der Waals surface area (Å²) in [6.45, 7) is 9.80. The van der Waals surface area contributed by atoms with Crippen LogP contribution in [0.2, 0.25) is 0 Å². The maximum Gasteiger partial charge on any atom is 0.0368 e. The number of nitrogens with one attached hydrogen (secondary N) is 1. The van der Waals surface area contributed by atoms with Gasteiger partial charge in [-0.3, -0.25) is 0 Å². The number of anilines is 3. The first kappa shape index (κ1) is 15.7. The van der Waals surface area contributed by atoms with E-state index in [-0.39, 0.29) is 0 Å². The summed E-state index contributed by atoms with van der Waals surface area (Å²) in [6, 6.07) is 19.6. The van der Waals surface area contributed by atoms with E-state index in [9.17, 15) is 0 Å². The average Bonchev–Trinajstić information content (AvgIpc) is 2.61. The smallest absolute Gasteiger partial charge is 0.0368 e. The molecule has 2 aromatic carbocycles. The molecule has 0 radical (unpaired) electrons. The second kappa shape index (κ2) is 7.40. The number of rotatable bonds is 5. The molecule has 2 aromatic rings. The number of piperazine rings is 1. The second-order valence-corrected chi connectivity index (χ2v) is 6.63. The quantitative estimate of drug-likeness (QED) is 0.898. The highest BCUT2D eigenvalue weighted by Gasteiger charge is 2.17. The largest absolute Gasteiger partial charge is 0.385 e. The van der Waals surface area contributed by atoms with E-state index in [0.717, 1.165) is 32.7 Å². The van der Waals surface area contributed by atoms with E-state index in [1.165, 1.54) is 17.1 Å². The SMILES string of the molecule is CC(C)CNc1ccc(N2CCN(c3ccccc3)CC2)cc1. The molecule has 3 rings (SSSR count). The summed E-state index contributed by atoms with van der Waals surface area (Å²) >= 11 is 0. The van der Waals surface area contributed by atoms with Gasteiger partial charge in [-0.2, -0.15) is 0 Å². The fraction of sp³-hybridized carbons (Fsp3) is 0.400. The molecule has 23 heavy (non-hydrogen) atoms. The molecule has 1 aliphatic heterocycles. The maximum absolute atomic E-state index is 3.48.